The van der Waals surface area contributed by atoms with Gasteiger partial charge in [0.15, 0.2) is 11.4 Å². The molecule has 0 saturated heterocycles. The number of rotatable bonds is 9. The third kappa shape index (κ3) is 6.41. The number of aromatic nitrogens is 1. The molecule has 2 aromatic carbocycles. The molecule has 0 saturated carbocycles. The van der Waals surface area contributed by atoms with E-state index in [9.17, 15) is 10.1 Å². The maximum absolute atomic E-state index is 11.0. The summed E-state index contributed by atoms with van der Waals surface area (Å²) in [5.41, 5.74) is 2.05. The van der Waals surface area contributed by atoms with Crippen LogP contribution in [0.5, 0.6) is 11.5 Å². The predicted molar refractivity (Wildman–Crippen MR) is 133 cm³/mol. The minimum absolute atomic E-state index is 0.199. The van der Waals surface area contributed by atoms with Crippen molar-refractivity contribution in [3.63, 3.8) is 0 Å². The SMILES string of the molecule is CCc1ccc(OCc2cc(-c3ccc(OC[C@@]4(C)CN/C=C([N+](=O)[O-])\N=C(/C)O4)cc3)no2)cc1. The highest BCUT2D eigenvalue weighted by atomic mass is 16.6. The Morgan fingerprint density at radius 3 is 2.50 bits per heavy atom. The van der Waals surface area contributed by atoms with Gasteiger partial charge in [0.1, 0.15) is 30.4 Å². The number of nitro groups is 1. The highest BCUT2D eigenvalue weighted by Gasteiger charge is 2.31. The van der Waals surface area contributed by atoms with Gasteiger partial charge in [0.25, 0.3) is 0 Å². The van der Waals surface area contributed by atoms with Gasteiger partial charge in [-0.1, -0.05) is 24.2 Å². The van der Waals surface area contributed by atoms with Crippen LogP contribution in [0.2, 0.25) is 0 Å². The van der Waals surface area contributed by atoms with Crippen molar-refractivity contribution in [1.29, 1.82) is 0 Å². The second-order valence-electron chi connectivity index (χ2n) is 8.60. The van der Waals surface area contributed by atoms with Crippen LogP contribution in [0.25, 0.3) is 11.3 Å². The molecule has 1 aliphatic heterocycles. The van der Waals surface area contributed by atoms with E-state index in [4.69, 9.17) is 18.7 Å². The topological polar surface area (TPSA) is 121 Å². The molecule has 1 aromatic heterocycles. The number of ether oxygens (including phenoxy) is 3. The summed E-state index contributed by atoms with van der Waals surface area (Å²) in [4.78, 5) is 14.3. The molecule has 0 radical (unpaired) electrons. The predicted octanol–water partition coefficient (Wildman–Crippen LogP) is 4.73. The molecule has 0 spiro atoms. The number of nitrogens with zero attached hydrogens (tertiary/aromatic N) is 3. The summed E-state index contributed by atoms with van der Waals surface area (Å²) in [6.45, 7) is 6.33. The molecule has 0 aliphatic carbocycles. The van der Waals surface area contributed by atoms with E-state index in [2.05, 4.69) is 22.4 Å². The fourth-order valence-electron chi connectivity index (χ4n) is 3.59. The van der Waals surface area contributed by atoms with E-state index in [0.29, 0.717) is 23.7 Å². The molecule has 4 rings (SSSR count). The first kappa shape index (κ1) is 24.8. The third-order valence-corrected chi connectivity index (χ3v) is 5.53. The first-order valence-electron chi connectivity index (χ1n) is 11.6. The van der Waals surface area contributed by atoms with E-state index in [1.807, 2.05) is 61.5 Å². The molecule has 1 atom stereocenters. The Kier molecular flexibility index (Phi) is 7.53. The summed E-state index contributed by atoms with van der Waals surface area (Å²) in [7, 11) is 0. The smallest absolute Gasteiger partial charge is 0.382 e. The highest BCUT2D eigenvalue weighted by molar-refractivity contribution is 5.74. The Balaban J connectivity index is 1.32. The molecule has 0 unspecified atom stereocenters. The molecule has 10 nitrogen and oxygen atoms in total. The van der Waals surface area contributed by atoms with Gasteiger partial charge in [-0.05, 0) is 65.2 Å². The Bertz CT molecular complexity index is 1250. The number of aryl methyl sites for hydroxylation is 1. The first-order chi connectivity index (χ1) is 17.3. The second-order valence-corrected chi connectivity index (χ2v) is 8.60. The summed E-state index contributed by atoms with van der Waals surface area (Å²) in [5.74, 6) is 1.94. The van der Waals surface area contributed by atoms with Crippen LogP contribution in [0.4, 0.5) is 0 Å². The zero-order valence-corrected chi connectivity index (χ0v) is 20.4. The van der Waals surface area contributed by atoms with E-state index in [0.717, 1.165) is 17.7 Å². The molecule has 0 fully saturated rings. The summed E-state index contributed by atoms with van der Waals surface area (Å²) in [6, 6.07) is 17.3. The average Bonchev–Trinajstić information content (AvgIpc) is 3.34. The Morgan fingerprint density at radius 2 is 1.81 bits per heavy atom. The molecule has 0 amide bonds. The average molecular weight is 493 g/mol. The van der Waals surface area contributed by atoms with Gasteiger partial charge in [-0.25, -0.2) is 0 Å². The maximum atomic E-state index is 11.0. The standard InChI is InChI=1S/C26H28N4O6/c1-4-19-5-9-21(10-6-19)33-15-23-13-24(29-36-23)20-7-11-22(12-8-20)34-17-26(3)16-27-14-25(30(31)32)28-18(2)35-26/h5-14,27H,4,15-17H2,1-3H3/b25-14+,28-18+/t26-/m1/s1. The van der Waals surface area contributed by atoms with Crippen molar-refractivity contribution in [1.82, 2.24) is 10.5 Å². The lowest BCUT2D eigenvalue weighted by atomic mass is 10.1. The first-order valence-corrected chi connectivity index (χ1v) is 11.6. The number of hydrogen-bond acceptors (Lipinski definition) is 9. The maximum Gasteiger partial charge on any atom is 0.382 e. The van der Waals surface area contributed by atoms with Crippen LogP contribution in [0, 0.1) is 10.1 Å². The van der Waals surface area contributed by atoms with Crippen LogP contribution in [0.15, 0.2) is 76.1 Å². The van der Waals surface area contributed by atoms with Gasteiger partial charge >= 0.3 is 11.7 Å². The highest BCUT2D eigenvalue weighted by Crippen LogP contribution is 2.24. The number of benzene rings is 2. The van der Waals surface area contributed by atoms with Crippen molar-refractivity contribution in [2.24, 2.45) is 4.99 Å². The Labute approximate surface area is 208 Å². The monoisotopic (exact) mass is 492 g/mol. The largest absolute Gasteiger partial charge is 0.489 e. The lowest BCUT2D eigenvalue weighted by Crippen LogP contribution is -2.46. The van der Waals surface area contributed by atoms with Crippen LogP contribution < -0.4 is 14.8 Å². The number of hydrogen-bond donors (Lipinski definition) is 1. The molecule has 2 heterocycles. The van der Waals surface area contributed by atoms with E-state index >= 15 is 0 Å². The van der Waals surface area contributed by atoms with Gasteiger partial charge in [-0.15, -0.1) is 0 Å². The summed E-state index contributed by atoms with van der Waals surface area (Å²) in [5, 5.41) is 18.0. The molecule has 10 heteroatoms. The van der Waals surface area contributed by atoms with Crippen molar-refractivity contribution >= 4 is 5.90 Å². The second kappa shape index (κ2) is 10.9. The van der Waals surface area contributed by atoms with Crippen molar-refractivity contribution in [2.45, 2.75) is 39.4 Å². The molecular weight excluding hydrogens is 464 g/mol. The van der Waals surface area contributed by atoms with Gasteiger partial charge in [-0.2, -0.15) is 0 Å². The quantitative estimate of drug-likeness (QED) is 0.336. The molecular formula is C26H28N4O6. The van der Waals surface area contributed by atoms with Crippen LogP contribution in [-0.2, 0) is 17.8 Å². The number of aliphatic imine (C=N–C) groups is 1. The van der Waals surface area contributed by atoms with E-state index in [-0.39, 0.29) is 24.9 Å². The lowest BCUT2D eigenvalue weighted by molar-refractivity contribution is -0.426. The minimum Gasteiger partial charge on any atom is -0.489 e. The van der Waals surface area contributed by atoms with Crippen LogP contribution in [-0.4, -0.2) is 34.7 Å². The van der Waals surface area contributed by atoms with Crippen LogP contribution in [0.3, 0.4) is 0 Å². The Hall–Kier alpha value is -4.34. The van der Waals surface area contributed by atoms with Gasteiger partial charge < -0.3 is 34.2 Å². The van der Waals surface area contributed by atoms with Gasteiger partial charge in [0, 0.05) is 18.6 Å². The van der Waals surface area contributed by atoms with Gasteiger partial charge in [0.2, 0.25) is 0 Å². The lowest BCUT2D eigenvalue weighted by Gasteiger charge is -2.29. The van der Waals surface area contributed by atoms with Crippen molar-refractivity contribution in [2.75, 3.05) is 13.2 Å². The zero-order chi connectivity index (χ0) is 25.5. The molecule has 36 heavy (non-hydrogen) atoms. The van der Waals surface area contributed by atoms with E-state index in [1.54, 1.807) is 6.92 Å². The fourth-order valence-corrected chi connectivity index (χ4v) is 3.59. The van der Waals surface area contributed by atoms with Gasteiger partial charge in [0.05, 0.1) is 12.7 Å². The minimum atomic E-state index is -0.775. The van der Waals surface area contributed by atoms with Gasteiger partial charge in [-0.3, -0.25) is 0 Å². The van der Waals surface area contributed by atoms with E-state index in [1.165, 1.54) is 11.8 Å². The van der Waals surface area contributed by atoms with Crippen LogP contribution in [0.1, 0.15) is 32.1 Å². The molecule has 188 valence electrons. The van der Waals surface area contributed by atoms with Crippen LogP contribution >= 0.6 is 0 Å². The normalized spacial score (nSPS) is 20.4. The van der Waals surface area contributed by atoms with Crippen molar-refractivity contribution in [3.05, 3.63) is 88.1 Å². The number of nitrogens with one attached hydrogen (secondary N) is 1. The van der Waals surface area contributed by atoms with E-state index < -0.39 is 10.5 Å². The molecule has 1 N–H and O–H groups in total. The zero-order valence-electron chi connectivity index (χ0n) is 20.4. The summed E-state index contributed by atoms with van der Waals surface area (Å²) in [6.07, 6.45) is 2.25. The Morgan fingerprint density at radius 1 is 1.11 bits per heavy atom. The summed E-state index contributed by atoms with van der Waals surface area (Å²) >= 11 is 0. The fraction of sp³-hybridized carbons (Fsp3) is 0.308. The summed E-state index contributed by atoms with van der Waals surface area (Å²) < 4.78 is 23.0. The van der Waals surface area contributed by atoms with Crippen molar-refractivity contribution < 1.29 is 23.7 Å². The molecule has 1 aliphatic rings. The third-order valence-electron chi connectivity index (χ3n) is 5.53. The van der Waals surface area contributed by atoms with Crippen molar-refractivity contribution in [3.8, 4) is 22.8 Å². The molecule has 3 aromatic rings. The molecule has 0 bridgehead atoms.